The summed E-state index contributed by atoms with van der Waals surface area (Å²) in [5.74, 6) is 1.93. The summed E-state index contributed by atoms with van der Waals surface area (Å²) in [6.07, 6.45) is 0.301. The van der Waals surface area contributed by atoms with Gasteiger partial charge in [-0.1, -0.05) is 23.4 Å². The quantitative estimate of drug-likeness (QED) is 0.529. The molecule has 136 valence electrons. The van der Waals surface area contributed by atoms with Crippen molar-refractivity contribution in [2.75, 3.05) is 0 Å². The average molecular weight is 360 g/mol. The van der Waals surface area contributed by atoms with Crippen molar-refractivity contribution in [3.8, 4) is 22.8 Å². The van der Waals surface area contributed by atoms with Crippen LogP contribution in [0.5, 0.6) is 0 Å². The maximum Gasteiger partial charge on any atom is 0.247 e. The van der Waals surface area contributed by atoms with Crippen molar-refractivity contribution in [3.63, 3.8) is 0 Å². The first-order chi connectivity index (χ1) is 13.0. The molecule has 0 bridgehead atoms. The van der Waals surface area contributed by atoms with Gasteiger partial charge in [-0.05, 0) is 68.1 Å². The van der Waals surface area contributed by atoms with E-state index in [0.717, 1.165) is 11.1 Å². The minimum atomic E-state index is 0.301. The van der Waals surface area contributed by atoms with Crippen molar-refractivity contribution in [1.29, 1.82) is 0 Å². The molecule has 0 aliphatic heterocycles. The van der Waals surface area contributed by atoms with Gasteiger partial charge in [0.2, 0.25) is 23.5 Å². The first kappa shape index (κ1) is 17.1. The summed E-state index contributed by atoms with van der Waals surface area (Å²) in [6, 6.07) is 12.1. The van der Waals surface area contributed by atoms with Crippen LogP contribution in [0.3, 0.4) is 0 Å². The zero-order chi connectivity index (χ0) is 19.0. The van der Waals surface area contributed by atoms with Crippen LogP contribution in [0.15, 0.2) is 45.3 Å². The maximum atomic E-state index is 5.77. The van der Waals surface area contributed by atoms with Gasteiger partial charge in [0, 0.05) is 11.1 Å². The Labute approximate surface area is 157 Å². The summed E-state index contributed by atoms with van der Waals surface area (Å²) >= 11 is 0. The lowest BCUT2D eigenvalue weighted by atomic mass is 10.1. The van der Waals surface area contributed by atoms with Crippen LogP contribution in [-0.4, -0.2) is 20.3 Å². The molecule has 0 spiro atoms. The fourth-order valence-electron chi connectivity index (χ4n) is 2.77. The zero-order valence-electron chi connectivity index (χ0n) is 15.8. The number of aryl methyl sites for hydroxylation is 4. The Morgan fingerprint density at radius 3 is 2.11 bits per heavy atom. The first-order valence-electron chi connectivity index (χ1n) is 8.80. The number of hydrogen-bond donors (Lipinski definition) is 0. The highest BCUT2D eigenvalue weighted by Gasteiger charge is 2.15. The number of benzene rings is 2. The highest BCUT2D eigenvalue weighted by atomic mass is 16.5. The lowest BCUT2D eigenvalue weighted by Crippen LogP contribution is -1.89. The van der Waals surface area contributed by atoms with E-state index in [4.69, 9.17) is 8.94 Å². The van der Waals surface area contributed by atoms with Gasteiger partial charge in [-0.3, -0.25) is 0 Å². The Morgan fingerprint density at radius 1 is 0.741 bits per heavy atom. The van der Waals surface area contributed by atoms with Crippen molar-refractivity contribution in [2.45, 2.75) is 34.1 Å². The van der Waals surface area contributed by atoms with Crippen LogP contribution in [0.25, 0.3) is 22.8 Å². The Morgan fingerprint density at radius 2 is 1.41 bits per heavy atom. The molecule has 2 aromatic carbocycles. The summed E-state index contributed by atoms with van der Waals surface area (Å²) in [5, 5.41) is 12.3. The van der Waals surface area contributed by atoms with E-state index in [-0.39, 0.29) is 0 Å². The van der Waals surface area contributed by atoms with E-state index in [0.29, 0.717) is 29.9 Å². The van der Waals surface area contributed by atoms with Crippen LogP contribution in [0, 0.1) is 27.7 Å². The van der Waals surface area contributed by atoms with Crippen molar-refractivity contribution >= 4 is 0 Å². The molecule has 0 saturated carbocycles. The molecule has 0 saturated heterocycles. The van der Waals surface area contributed by atoms with Gasteiger partial charge >= 0.3 is 0 Å². The van der Waals surface area contributed by atoms with Gasteiger partial charge in [-0.25, -0.2) is 0 Å². The van der Waals surface area contributed by atoms with E-state index in [2.05, 4.69) is 60.2 Å². The molecule has 0 radical (unpaired) electrons. The smallest absolute Gasteiger partial charge is 0.247 e. The molecule has 4 rings (SSSR count). The van der Waals surface area contributed by atoms with Gasteiger partial charge in [0.15, 0.2) is 0 Å². The van der Waals surface area contributed by atoms with Crippen LogP contribution in [0.4, 0.5) is 0 Å². The SMILES string of the molecule is Cc1ccc(-c2noc(Cc3nnc(-c4ccc(C)c(C)c4)o3)n2)cc1C. The van der Waals surface area contributed by atoms with Crippen LogP contribution in [0.1, 0.15) is 34.0 Å². The first-order valence-corrected chi connectivity index (χ1v) is 8.80. The molecular formula is C21H20N4O2. The lowest BCUT2D eigenvalue weighted by molar-refractivity contribution is 0.374. The number of nitrogens with zero attached hydrogens (tertiary/aromatic N) is 4. The van der Waals surface area contributed by atoms with Crippen molar-refractivity contribution < 1.29 is 8.94 Å². The fourth-order valence-corrected chi connectivity index (χ4v) is 2.77. The maximum absolute atomic E-state index is 5.77. The van der Waals surface area contributed by atoms with Gasteiger partial charge in [0.25, 0.3) is 0 Å². The molecule has 4 aromatic rings. The molecule has 0 amide bonds. The monoisotopic (exact) mass is 360 g/mol. The standard InChI is InChI=1S/C21H20N4O2/c1-12-5-7-16(9-14(12)3)20-22-18(27-25-20)11-19-23-24-21(26-19)17-8-6-13(2)15(4)10-17/h5-10H,11H2,1-4H3. The molecular weight excluding hydrogens is 340 g/mol. The van der Waals surface area contributed by atoms with Crippen LogP contribution in [0.2, 0.25) is 0 Å². The normalized spacial score (nSPS) is 11.1. The van der Waals surface area contributed by atoms with E-state index in [1.165, 1.54) is 22.3 Å². The highest BCUT2D eigenvalue weighted by Crippen LogP contribution is 2.23. The topological polar surface area (TPSA) is 77.8 Å². The molecule has 6 nitrogen and oxygen atoms in total. The van der Waals surface area contributed by atoms with E-state index in [1.54, 1.807) is 0 Å². The Bertz CT molecular complexity index is 1020. The second-order valence-corrected chi connectivity index (χ2v) is 6.79. The zero-order valence-corrected chi connectivity index (χ0v) is 15.8. The summed E-state index contributed by atoms with van der Waals surface area (Å²) in [4.78, 5) is 4.45. The van der Waals surface area contributed by atoms with Crippen molar-refractivity contribution in [1.82, 2.24) is 20.3 Å². The summed E-state index contributed by atoms with van der Waals surface area (Å²) in [6.45, 7) is 8.26. The van der Waals surface area contributed by atoms with Gasteiger partial charge in [0.05, 0.1) is 0 Å². The number of rotatable bonds is 4. The Hall–Kier alpha value is -3.28. The van der Waals surface area contributed by atoms with Crippen molar-refractivity contribution in [3.05, 3.63) is 70.4 Å². The van der Waals surface area contributed by atoms with Crippen LogP contribution in [-0.2, 0) is 6.42 Å². The molecule has 0 aliphatic carbocycles. The van der Waals surface area contributed by atoms with E-state index in [9.17, 15) is 0 Å². The molecule has 0 atom stereocenters. The summed E-state index contributed by atoms with van der Waals surface area (Å²) < 4.78 is 11.1. The minimum Gasteiger partial charge on any atom is -0.420 e. The predicted molar refractivity (Wildman–Crippen MR) is 101 cm³/mol. The molecule has 2 heterocycles. The molecule has 6 heteroatoms. The second-order valence-electron chi connectivity index (χ2n) is 6.79. The lowest BCUT2D eigenvalue weighted by Gasteiger charge is -2.00. The summed E-state index contributed by atoms with van der Waals surface area (Å²) in [5.41, 5.74) is 6.65. The second kappa shape index (κ2) is 6.79. The molecule has 0 fully saturated rings. The van der Waals surface area contributed by atoms with E-state index < -0.39 is 0 Å². The Kier molecular flexibility index (Phi) is 4.32. The van der Waals surface area contributed by atoms with Crippen molar-refractivity contribution in [2.24, 2.45) is 0 Å². The number of hydrogen-bond acceptors (Lipinski definition) is 6. The van der Waals surface area contributed by atoms with Gasteiger partial charge < -0.3 is 8.94 Å². The van der Waals surface area contributed by atoms with E-state index >= 15 is 0 Å². The molecule has 0 N–H and O–H groups in total. The summed E-state index contributed by atoms with van der Waals surface area (Å²) in [7, 11) is 0. The predicted octanol–water partition coefficient (Wildman–Crippen LogP) is 4.61. The Balaban J connectivity index is 1.53. The molecule has 0 unspecified atom stereocenters. The van der Waals surface area contributed by atoms with Gasteiger partial charge in [-0.15, -0.1) is 10.2 Å². The minimum absolute atomic E-state index is 0.301. The van der Waals surface area contributed by atoms with E-state index in [1.807, 2.05) is 24.3 Å². The van der Waals surface area contributed by atoms with Gasteiger partial charge in [-0.2, -0.15) is 4.98 Å². The molecule has 2 aromatic heterocycles. The third-order valence-corrected chi connectivity index (χ3v) is 4.76. The molecule has 27 heavy (non-hydrogen) atoms. The average Bonchev–Trinajstić information content (AvgIpc) is 3.30. The van der Waals surface area contributed by atoms with Crippen LogP contribution < -0.4 is 0 Å². The fraction of sp³-hybridized carbons (Fsp3) is 0.238. The number of aromatic nitrogens is 4. The molecule has 0 aliphatic rings. The largest absolute Gasteiger partial charge is 0.420 e. The third-order valence-electron chi connectivity index (χ3n) is 4.76. The highest BCUT2D eigenvalue weighted by molar-refractivity contribution is 5.57. The van der Waals surface area contributed by atoms with Crippen LogP contribution >= 0.6 is 0 Å². The third kappa shape index (κ3) is 3.51. The van der Waals surface area contributed by atoms with Gasteiger partial charge in [0.1, 0.15) is 6.42 Å².